The summed E-state index contributed by atoms with van der Waals surface area (Å²) in [7, 11) is 0. The van der Waals surface area contributed by atoms with E-state index in [0.717, 1.165) is 11.8 Å². The summed E-state index contributed by atoms with van der Waals surface area (Å²) in [5, 5.41) is 2.17. The molecule has 1 aliphatic rings. The zero-order valence-corrected chi connectivity index (χ0v) is 9.59. The molecule has 0 aliphatic heterocycles. The van der Waals surface area contributed by atoms with E-state index in [2.05, 4.69) is 24.4 Å². The quantitative estimate of drug-likeness (QED) is 0.813. The summed E-state index contributed by atoms with van der Waals surface area (Å²) in [6.45, 7) is 2.32. The summed E-state index contributed by atoms with van der Waals surface area (Å²) in [5.41, 5.74) is 6.02. The lowest BCUT2D eigenvalue weighted by Gasteiger charge is -2.17. The molecule has 1 aromatic rings. The summed E-state index contributed by atoms with van der Waals surface area (Å²) < 4.78 is 0. The smallest absolute Gasteiger partial charge is 0.00672 e. The van der Waals surface area contributed by atoms with Gasteiger partial charge < -0.3 is 5.73 Å². The third-order valence-corrected chi connectivity index (χ3v) is 4.57. The molecular weight excluding hydrogens is 190 g/mol. The number of hydrogen-bond acceptors (Lipinski definition) is 2. The van der Waals surface area contributed by atoms with Gasteiger partial charge in [-0.25, -0.2) is 0 Å². The zero-order valence-electron chi connectivity index (χ0n) is 8.78. The first kappa shape index (κ1) is 10.2. The standard InChI is InChI=1S/C12H19NS/c1-9-10(5-7-12(9)13)4-6-11-3-2-8-14-11/h2-3,8-10,12H,4-7,13H2,1H3. The Balaban J connectivity index is 1.81. The molecule has 0 saturated heterocycles. The Bertz CT molecular complexity index is 268. The fourth-order valence-corrected chi connectivity index (χ4v) is 3.20. The van der Waals surface area contributed by atoms with Crippen LogP contribution in [0.4, 0.5) is 0 Å². The van der Waals surface area contributed by atoms with Crippen molar-refractivity contribution in [2.45, 2.75) is 38.6 Å². The molecule has 1 heterocycles. The Morgan fingerprint density at radius 1 is 1.50 bits per heavy atom. The molecule has 1 fully saturated rings. The van der Waals surface area contributed by atoms with Gasteiger partial charge in [-0.3, -0.25) is 0 Å². The van der Waals surface area contributed by atoms with Gasteiger partial charge in [0.1, 0.15) is 0 Å². The fourth-order valence-electron chi connectivity index (χ4n) is 2.47. The summed E-state index contributed by atoms with van der Waals surface area (Å²) in [5.74, 6) is 1.60. The van der Waals surface area contributed by atoms with Crippen molar-refractivity contribution in [3.8, 4) is 0 Å². The van der Waals surface area contributed by atoms with Crippen LogP contribution in [0.2, 0.25) is 0 Å². The summed E-state index contributed by atoms with van der Waals surface area (Å²) in [6.07, 6.45) is 5.15. The van der Waals surface area contributed by atoms with Crippen LogP contribution >= 0.6 is 11.3 Å². The molecule has 1 saturated carbocycles. The van der Waals surface area contributed by atoms with Crippen molar-refractivity contribution in [1.82, 2.24) is 0 Å². The van der Waals surface area contributed by atoms with Gasteiger partial charge in [0.05, 0.1) is 0 Å². The minimum atomic E-state index is 0.461. The van der Waals surface area contributed by atoms with E-state index in [1.807, 2.05) is 11.3 Å². The second kappa shape index (κ2) is 4.45. The zero-order chi connectivity index (χ0) is 9.97. The van der Waals surface area contributed by atoms with Crippen LogP contribution in [-0.2, 0) is 6.42 Å². The van der Waals surface area contributed by atoms with Crippen molar-refractivity contribution in [2.75, 3.05) is 0 Å². The van der Waals surface area contributed by atoms with Gasteiger partial charge in [0.25, 0.3) is 0 Å². The molecule has 2 heteroatoms. The molecule has 1 aromatic heterocycles. The van der Waals surface area contributed by atoms with Crippen molar-refractivity contribution in [2.24, 2.45) is 17.6 Å². The van der Waals surface area contributed by atoms with Crippen LogP contribution in [0.5, 0.6) is 0 Å². The molecule has 14 heavy (non-hydrogen) atoms. The average Bonchev–Trinajstić information content (AvgIpc) is 2.77. The maximum atomic E-state index is 6.02. The molecule has 3 atom stereocenters. The lowest BCUT2D eigenvalue weighted by molar-refractivity contribution is 0.371. The van der Waals surface area contributed by atoms with E-state index in [4.69, 9.17) is 5.73 Å². The topological polar surface area (TPSA) is 26.0 Å². The van der Waals surface area contributed by atoms with Crippen molar-refractivity contribution < 1.29 is 0 Å². The van der Waals surface area contributed by atoms with Crippen LogP contribution in [0.15, 0.2) is 17.5 Å². The largest absolute Gasteiger partial charge is 0.327 e. The monoisotopic (exact) mass is 209 g/mol. The molecule has 0 aromatic carbocycles. The van der Waals surface area contributed by atoms with E-state index in [-0.39, 0.29) is 0 Å². The number of aryl methyl sites for hydroxylation is 1. The van der Waals surface area contributed by atoms with E-state index in [1.54, 1.807) is 0 Å². The van der Waals surface area contributed by atoms with Crippen molar-refractivity contribution in [1.29, 1.82) is 0 Å². The summed E-state index contributed by atoms with van der Waals surface area (Å²) >= 11 is 1.88. The summed E-state index contributed by atoms with van der Waals surface area (Å²) in [6, 6.07) is 4.84. The van der Waals surface area contributed by atoms with Gasteiger partial charge in [0, 0.05) is 10.9 Å². The van der Waals surface area contributed by atoms with E-state index >= 15 is 0 Å². The van der Waals surface area contributed by atoms with Crippen LogP contribution in [0.3, 0.4) is 0 Å². The Morgan fingerprint density at radius 2 is 2.36 bits per heavy atom. The number of thiophene rings is 1. The molecule has 78 valence electrons. The van der Waals surface area contributed by atoms with E-state index in [0.29, 0.717) is 6.04 Å². The Labute approximate surface area is 90.3 Å². The second-order valence-electron chi connectivity index (χ2n) is 4.48. The third kappa shape index (κ3) is 2.18. The molecule has 2 rings (SSSR count). The highest BCUT2D eigenvalue weighted by Crippen LogP contribution is 2.34. The normalized spacial score (nSPS) is 32.3. The van der Waals surface area contributed by atoms with Crippen LogP contribution in [-0.4, -0.2) is 6.04 Å². The molecule has 3 unspecified atom stereocenters. The van der Waals surface area contributed by atoms with Crippen LogP contribution in [0.1, 0.15) is 31.1 Å². The second-order valence-corrected chi connectivity index (χ2v) is 5.51. The fraction of sp³-hybridized carbons (Fsp3) is 0.667. The molecule has 1 nitrogen and oxygen atoms in total. The lowest BCUT2D eigenvalue weighted by Crippen LogP contribution is -2.25. The van der Waals surface area contributed by atoms with Gasteiger partial charge in [-0.2, -0.15) is 0 Å². The minimum absolute atomic E-state index is 0.461. The van der Waals surface area contributed by atoms with Gasteiger partial charge in [-0.05, 0) is 49.0 Å². The van der Waals surface area contributed by atoms with Gasteiger partial charge >= 0.3 is 0 Å². The van der Waals surface area contributed by atoms with Gasteiger partial charge in [-0.1, -0.05) is 13.0 Å². The van der Waals surface area contributed by atoms with Gasteiger partial charge in [-0.15, -0.1) is 11.3 Å². The first-order valence-corrected chi connectivity index (χ1v) is 6.43. The maximum absolute atomic E-state index is 6.02. The van der Waals surface area contributed by atoms with E-state index < -0.39 is 0 Å². The summed E-state index contributed by atoms with van der Waals surface area (Å²) in [4.78, 5) is 1.53. The number of hydrogen-bond donors (Lipinski definition) is 1. The molecule has 0 spiro atoms. The molecule has 0 amide bonds. The highest BCUT2D eigenvalue weighted by atomic mass is 32.1. The highest BCUT2D eigenvalue weighted by Gasteiger charge is 2.29. The van der Waals surface area contributed by atoms with E-state index in [9.17, 15) is 0 Å². The molecule has 1 aliphatic carbocycles. The first-order chi connectivity index (χ1) is 6.77. The van der Waals surface area contributed by atoms with Crippen LogP contribution in [0.25, 0.3) is 0 Å². The molecule has 0 bridgehead atoms. The number of nitrogens with two attached hydrogens (primary N) is 1. The Morgan fingerprint density at radius 3 is 2.93 bits per heavy atom. The third-order valence-electron chi connectivity index (χ3n) is 3.63. The average molecular weight is 209 g/mol. The Hall–Kier alpha value is -0.340. The Kier molecular flexibility index (Phi) is 3.24. The predicted octanol–water partition coefficient (Wildman–Crippen LogP) is 3.05. The van der Waals surface area contributed by atoms with Crippen molar-refractivity contribution in [3.63, 3.8) is 0 Å². The maximum Gasteiger partial charge on any atom is 0.00672 e. The molecular formula is C12H19NS. The predicted molar refractivity (Wildman–Crippen MR) is 62.5 cm³/mol. The minimum Gasteiger partial charge on any atom is -0.327 e. The van der Waals surface area contributed by atoms with Crippen LogP contribution in [0, 0.1) is 11.8 Å². The van der Waals surface area contributed by atoms with Gasteiger partial charge in [0.2, 0.25) is 0 Å². The highest BCUT2D eigenvalue weighted by molar-refractivity contribution is 7.09. The lowest BCUT2D eigenvalue weighted by atomic mass is 9.91. The molecule has 0 radical (unpaired) electrons. The van der Waals surface area contributed by atoms with Crippen molar-refractivity contribution >= 4 is 11.3 Å². The SMILES string of the molecule is CC1C(N)CCC1CCc1cccs1. The van der Waals surface area contributed by atoms with Crippen molar-refractivity contribution in [3.05, 3.63) is 22.4 Å². The first-order valence-electron chi connectivity index (χ1n) is 5.55. The van der Waals surface area contributed by atoms with Gasteiger partial charge in [0.15, 0.2) is 0 Å². The molecule has 2 N–H and O–H groups in total. The number of rotatable bonds is 3. The van der Waals surface area contributed by atoms with Crippen LogP contribution < -0.4 is 5.73 Å². The van der Waals surface area contributed by atoms with E-state index in [1.165, 1.54) is 30.6 Å².